The first-order chi connectivity index (χ1) is 23.1. The molecule has 1 aromatic rings. The third kappa shape index (κ3) is 9.12. The second-order valence-electron chi connectivity index (χ2n) is 15.0. The van der Waals surface area contributed by atoms with E-state index < -0.39 is 52.6 Å². The van der Waals surface area contributed by atoms with Gasteiger partial charge in [0.15, 0.2) is 5.60 Å². The van der Waals surface area contributed by atoms with Crippen molar-refractivity contribution >= 4 is 46.7 Å². The number of hydrogen-bond acceptors (Lipinski definition) is 8. The number of amides is 4. The molecule has 12 nitrogen and oxygen atoms in total. The lowest BCUT2D eigenvalue weighted by atomic mass is 9.85. The summed E-state index contributed by atoms with van der Waals surface area (Å²) in [7, 11) is 1.54. The average Bonchev–Trinajstić information content (AvgIpc) is 3.53. The number of likely N-dealkylation sites (tertiary alicyclic amines) is 1. The van der Waals surface area contributed by atoms with Crippen LogP contribution in [-0.4, -0.2) is 77.4 Å². The first-order valence-electron chi connectivity index (χ1n) is 17.4. The fourth-order valence-electron chi connectivity index (χ4n) is 7.26. The van der Waals surface area contributed by atoms with Crippen LogP contribution in [0.2, 0.25) is 5.02 Å². The fourth-order valence-corrected chi connectivity index (χ4v) is 7.50. The van der Waals surface area contributed by atoms with Crippen molar-refractivity contribution < 1.29 is 33.5 Å². The lowest BCUT2D eigenvalue weighted by molar-refractivity contribution is -0.145. The van der Waals surface area contributed by atoms with Crippen molar-refractivity contribution in [3.8, 4) is 5.75 Å². The van der Waals surface area contributed by atoms with Crippen LogP contribution in [-0.2, 0) is 28.8 Å². The summed E-state index contributed by atoms with van der Waals surface area (Å²) < 4.78 is 5.35. The van der Waals surface area contributed by atoms with Crippen molar-refractivity contribution in [2.24, 2.45) is 22.2 Å². The zero-order valence-electron chi connectivity index (χ0n) is 29.7. The number of ketones is 1. The molecule has 1 saturated carbocycles. The number of rotatable bonds is 12. The second-order valence-corrected chi connectivity index (χ2v) is 15.4. The number of oxime groups is 1. The Hall–Kier alpha value is -3.67. The van der Waals surface area contributed by atoms with Gasteiger partial charge in [0.2, 0.25) is 23.5 Å². The standard InChI is InChI=1S/C36H52ClN5O7/c1-7-12-25(30(44)32(38)45)39-33(46)27-19-36(18-26(41-49-36)23-17-24(37)28(48-6)15-21(23)2)20-42(27)34(47)31(35(3,4)5)40-29(43)16-22-13-10-8-9-11-14-22/h15,17,22,25,27,31H,7-14,16,18-20H2,1-6H3,(H2,38,45)(H,39,46)(H,40,43)/t25-,27-,31+,36+/m0/s1. The molecular weight excluding hydrogens is 650 g/mol. The Morgan fingerprint density at radius 1 is 1.12 bits per heavy atom. The zero-order valence-corrected chi connectivity index (χ0v) is 30.4. The van der Waals surface area contributed by atoms with E-state index >= 15 is 0 Å². The highest BCUT2D eigenvalue weighted by molar-refractivity contribution is 6.37. The van der Waals surface area contributed by atoms with Gasteiger partial charge >= 0.3 is 0 Å². The molecule has 1 aliphatic carbocycles. The second kappa shape index (κ2) is 15.9. The summed E-state index contributed by atoms with van der Waals surface area (Å²) in [5.74, 6) is -2.52. The SMILES string of the molecule is CCC[C@H](NC(=O)[C@@H]1C[C@]2(CC(c3cc(Cl)c(OC)cc3C)=NO2)CN1C(=O)[C@@H](NC(=O)CC1CCCCCC1)C(C)(C)C)C(=O)C(N)=O. The van der Waals surface area contributed by atoms with Crippen molar-refractivity contribution in [3.63, 3.8) is 0 Å². The van der Waals surface area contributed by atoms with Crippen LogP contribution in [0.5, 0.6) is 5.75 Å². The van der Waals surface area contributed by atoms with Gasteiger partial charge in [0.1, 0.15) is 17.8 Å². The quantitative estimate of drug-likeness (QED) is 0.215. The summed E-state index contributed by atoms with van der Waals surface area (Å²) in [6.45, 7) is 9.33. The van der Waals surface area contributed by atoms with Gasteiger partial charge in [-0.15, -0.1) is 0 Å². The van der Waals surface area contributed by atoms with E-state index in [-0.39, 0.29) is 37.6 Å². The molecule has 2 heterocycles. The largest absolute Gasteiger partial charge is 0.495 e. The highest BCUT2D eigenvalue weighted by Gasteiger charge is 2.55. The molecule has 1 spiro atoms. The normalized spacial score (nSPS) is 22.5. The van der Waals surface area contributed by atoms with E-state index in [1.807, 2.05) is 34.6 Å². The Morgan fingerprint density at radius 2 is 1.80 bits per heavy atom. The number of nitrogens with one attached hydrogen (secondary N) is 2. The number of carbonyl (C=O) groups excluding carboxylic acids is 5. The Labute approximate surface area is 294 Å². The molecule has 2 aliphatic heterocycles. The Balaban J connectivity index is 1.63. The molecule has 4 atom stereocenters. The number of hydrogen-bond donors (Lipinski definition) is 3. The number of nitrogens with zero attached hydrogens (tertiary/aromatic N) is 2. The lowest BCUT2D eigenvalue weighted by Crippen LogP contribution is -2.59. The van der Waals surface area contributed by atoms with Crippen LogP contribution < -0.4 is 21.1 Å². The minimum Gasteiger partial charge on any atom is -0.495 e. The van der Waals surface area contributed by atoms with Gasteiger partial charge in [0, 0.05) is 24.8 Å². The van der Waals surface area contributed by atoms with E-state index in [2.05, 4.69) is 15.8 Å². The molecule has 13 heteroatoms. The molecule has 3 aliphatic rings. The first-order valence-corrected chi connectivity index (χ1v) is 17.8. The minimum absolute atomic E-state index is 0.00708. The molecule has 0 unspecified atom stereocenters. The van der Waals surface area contributed by atoms with Crippen LogP contribution in [0.25, 0.3) is 0 Å². The maximum atomic E-state index is 14.6. The Bertz CT molecular complexity index is 1470. The highest BCUT2D eigenvalue weighted by Crippen LogP contribution is 2.41. The molecule has 4 N–H and O–H groups in total. The molecule has 4 rings (SSSR count). The van der Waals surface area contributed by atoms with E-state index in [4.69, 9.17) is 26.9 Å². The monoisotopic (exact) mass is 701 g/mol. The third-order valence-electron chi connectivity index (χ3n) is 9.95. The molecule has 0 aromatic heterocycles. The van der Waals surface area contributed by atoms with E-state index in [1.165, 1.54) is 24.9 Å². The lowest BCUT2D eigenvalue weighted by Gasteiger charge is -2.36. The van der Waals surface area contributed by atoms with Crippen molar-refractivity contribution in [2.75, 3.05) is 13.7 Å². The highest BCUT2D eigenvalue weighted by atomic mass is 35.5. The number of ether oxygens (including phenoxy) is 1. The minimum atomic E-state index is -1.15. The van der Waals surface area contributed by atoms with Gasteiger partial charge in [-0.25, -0.2) is 0 Å². The fraction of sp³-hybridized carbons (Fsp3) is 0.667. The van der Waals surface area contributed by atoms with Crippen LogP contribution in [0.15, 0.2) is 17.3 Å². The summed E-state index contributed by atoms with van der Waals surface area (Å²) in [6.07, 6.45) is 7.88. The number of methoxy groups -OCH3 is 1. The van der Waals surface area contributed by atoms with Crippen LogP contribution in [0.4, 0.5) is 0 Å². The van der Waals surface area contributed by atoms with Gasteiger partial charge in [0.05, 0.1) is 30.4 Å². The van der Waals surface area contributed by atoms with Gasteiger partial charge in [0.25, 0.3) is 5.91 Å². The number of carbonyl (C=O) groups is 5. The molecule has 1 aromatic carbocycles. The van der Waals surface area contributed by atoms with Crippen LogP contribution >= 0.6 is 11.6 Å². The molecule has 2 fully saturated rings. The van der Waals surface area contributed by atoms with Gasteiger partial charge in [-0.2, -0.15) is 0 Å². The smallest absolute Gasteiger partial charge is 0.287 e. The summed E-state index contributed by atoms with van der Waals surface area (Å²) in [4.78, 5) is 73.9. The summed E-state index contributed by atoms with van der Waals surface area (Å²) in [6, 6.07) is 0.400. The number of primary amides is 1. The van der Waals surface area contributed by atoms with E-state index in [0.29, 0.717) is 29.3 Å². The summed E-state index contributed by atoms with van der Waals surface area (Å²) in [5.41, 5.74) is 5.74. The summed E-state index contributed by atoms with van der Waals surface area (Å²) in [5, 5.41) is 10.5. The number of halogens is 1. The molecule has 0 bridgehead atoms. The average molecular weight is 702 g/mol. The van der Waals surface area contributed by atoms with Crippen LogP contribution in [0, 0.1) is 18.3 Å². The van der Waals surface area contributed by atoms with Crippen molar-refractivity contribution in [1.29, 1.82) is 0 Å². The molecule has 270 valence electrons. The maximum absolute atomic E-state index is 14.6. The van der Waals surface area contributed by atoms with Crippen molar-refractivity contribution in [1.82, 2.24) is 15.5 Å². The number of benzene rings is 1. The van der Waals surface area contributed by atoms with Gasteiger partial charge in [-0.05, 0) is 55.2 Å². The summed E-state index contributed by atoms with van der Waals surface area (Å²) >= 11 is 6.45. The van der Waals surface area contributed by atoms with Crippen LogP contribution in [0.1, 0.15) is 109 Å². The molecule has 49 heavy (non-hydrogen) atoms. The van der Waals surface area contributed by atoms with Gasteiger partial charge < -0.3 is 30.8 Å². The first kappa shape index (κ1) is 38.1. The molecule has 4 amide bonds. The predicted molar refractivity (Wildman–Crippen MR) is 186 cm³/mol. The van der Waals surface area contributed by atoms with E-state index in [0.717, 1.165) is 36.8 Å². The molecule has 0 radical (unpaired) electrons. The predicted octanol–water partition coefficient (Wildman–Crippen LogP) is 4.35. The number of Topliss-reactive ketones (excluding diaryl/α,β-unsaturated/α-hetero) is 1. The van der Waals surface area contributed by atoms with Crippen molar-refractivity contribution in [3.05, 3.63) is 28.3 Å². The number of nitrogens with two attached hydrogens (primary N) is 1. The topological polar surface area (TPSA) is 169 Å². The van der Waals surface area contributed by atoms with Crippen LogP contribution in [0.3, 0.4) is 0 Å². The maximum Gasteiger partial charge on any atom is 0.287 e. The van der Waals surface area contributed by atoms with E-state index in [1.54, 1.807) is 12.1 Å². The van der Waals surface area contributed by atoms with Gasteiger partial charge in [-0.3, -0.25) is 24.0 Å². The molecule has 1 saturated heterocycles. The zero-order chi connectivity index (χ0) is 36.1. The Morgan fingerprint density at radius 3 is 2.39 bits per heavy atom. The Kier molecular flexibility index (Phi) is 12.4. The van der Waals surface area contributed by atoms with Gasteiger partial charge in [-0.1, -0.05) is 76.6 Å². The molecular formula is C36H52ClN5O7. The van der Waals surface area contributed by atoms with Crippen molar-refractivity contribution in [2.45, 2.75) is 129 Å². The number of aryl methyl sites for hydroxylation is 1. The third-order valence-corrected chi connectivity index (χ3v) is 10.3. The van der Waals surface area contributed by atoms with E-state index in [9.17, 15) is 24.0 Å².